The molecule has 0 aromatic heterocycles. The number of likely N-dealkylation sites (tertiary alicyclic amines) is 1. The average Bonchev–Trinajstić information content (AvgIpc) is 2.78. The number of nitrogens with zero attached hydrogens (tertiary/aromatic N) is 2. The fourth-order valence-corrected chi connectivity index (χ4v) is 2.66. The Morgan fingerprint density at radius 1 is 1.33 bits per heavy atom. The van der Waals surface area contributed by atoms with E-state index in [-0.39, 0.29) is 18.3 Å². The van der Waals surface area contributed by atoms with E-state index in [1.165, 1.54) is 12.8 Å². The summed E-state index contributed by atoms with van der Waals surface area (Å²) in [6.07, 6.45) is 2.42. The smallest absolute Gasteiger partial charge is 0.236 e. The number of hydrogen-bond acceptors (Lipinski definition) is 4. The maximum absolute atomic E-state index is 12.1. The van der Waals surface area contributed by atoms with Gasteiger partial charge in [-0.15, -0.1) is 12.4 Å². The summed E-state index contributed by atoms with van der Waals surface area (Å²) < 4.78 is 5.26. The van der Waals surface area contributed by atoms with Crippen molar-refractivity contribution in [2.75, 3.05) is 53.0 Å². The summed E-state index contributed by atoms with van der Waals surface area (Å²) in [4.78, 5) is 16.4. The number of carbonyl (C=O) groups excluding carboxylic acids is 1. The van der Waals surface area contributed by atoms with Gasteiger partial charge in [0.25, 0.3) is 0 Å². The number of hydrogen-bond donors (Lipinski definition) is 1. The Balaban J connectivity index is 0.00000162. The van der Waals surface area contributed by atoms with Crippen LogP contribution in [0.5, 0.6) is 0 Å². The summed E-state index contributed by atoms with van der Waals surface area (Å²) in [5.74, 6) is 0.260. The molecule has 2 heterocycles. The Hall–Kier alpha value is -0.360. The highest BCUT2D eigenvalue weighted by molar-refractivity contribution is 5.85. The van der Waals surface area contributed by atoms with Gasteiger partial charge in [-0.05, 0) is 26.4 Å². The largest absolute Gasteiger partial charge is 0.378 e. The third-order valence-corrected chi connectivity index (χ3v) is 3.64. The molecule has 0 aliphatic carbocycles. The van der Waals surface area contributed by atoms with Crippen molar-refractivity contribution in [3.63, 3.8) is 0 Å². The monoisotopic (exact) mass is 277 g/mol. The molecule has 0 radical (unpaired) electrons. The molecule has 2 aliphatic heterocycles. The molecule has 18 heavy (non-hydrogen) atoms. The molecular weight excluding hydrogens is 254 g/mol. The predicted octanol–water partition coefficient (Wildman–Crippen LogP) is -0.0492. The summed E-state index contributed by atoms with van der Waals surface area (Å²) in [6.45, 7) is 5.50. The first-order valence-electron chi connectivity index (χ1n) is 6.55. The highest BCUT2D eigenvalue weighted by atomic mass is 35.5. The van der Waals surface area contributed by atoms with Gasteiger partial charge in [-0.2, -0.15) is 0 Å². The minimum atomic E-state index is 0. The number of nitrogens with one attached hydrogen (secondary N) is 1. The molecule has 0 aromatic carbocycles. The summed E-state index contributed by atoms with van der Waals surface area (Å²) >= 11 is 0. The van der Waals surface area contributed by atoms with Crippen LogP contribution in [0.25, 0.3) is 0 Å². The first-order valence-corrected chi connectivity index (χ1v) is 6.55. The number of amides is 1. The van der Waals surface area contributed by atoms with Crippen molar-refractivity contribution < 1.29 is 9.53 Å². The number of halogens is 1. The van der Waals surface area contributed by atoms with Crippen LogP contribution in [0.1, 0.15) is 12.8 Å². The Bertz CT molecular complexity index is 260. The van der Waals surface area contributed by atoms with Gasteiger partial charge in [0.05, 0.1) is 19.8 Å². The van der Waals surface area contributed by atoms with E-state index in [1.54, 1.807) is 0 Å². The minimum Gasteiger partial charge on any atom is -0.378 e. The first kappa shape index (κ1) is 15.7. The van der Waals surface area contributed by atoms with Crippen molar-refractivity contribution in [1.29, 1.82) is 0 Å². The lowest BCUT2D eigenvalue weighted by Gasteiger charge is -2.30. The topological polar surface area (TPSA) is 44.8 Å². The third kappa shape index (κ3) is 4.09. The molecular formula is C12H24ClN3O2. The van der Waals surface area contributed by atoms with Gasteiger partial charge in [0.1, 0.15) is 0 Å². The first-order chi connectivity index (χ1) is 8.31. The zero-order valence-electron chi connectivity index (χ0n) is 11.1. The fourth-order valence-electron chi connectivity index (χ4n) is 2.66. The van der Waals surface area contributed by atoms with E-state index in [9.17, 15) is 4.79 Å². The standard InChI is InChI=1S/C12H23N3O2.ClH/c1-13-9-11-3-2-4-15(11)10-12(16)14-5-7-17-8-6-14;/h11,13H,2-10H2,1H3;1H. The molecule has 2 rings (SSSR count). The van der Waals surface area contributed by atoms with E-state index in [4.69, 9.17) is 4.74 Å². The second kappa shape index (κ2) is 7.94. The zero-order chi connectivity index (χ0) is 12.1. The lowest BCUT2D eigenvalue weighted by molar-refractivity contribution is -0.136. The number of morpholine rings is 1. The Morgan fingerprint density at radius 3 is 2.72 bits per heavy atom. The second-order valence-corrected chi connectivity index (χ2v) is 4.82. The fraction of sp³-hybridized carbons (Fsp3) is 0.917. The van der Waals surface area contributed by atoms with Crippen molar-refractivity contribution in [2.24, 2.45) is 0 Å². The van der Waals surface area contributed by atoms with Gasteiger partial charge in [-0.25, -0.2) is 0 Å². The van der Waals surface area contributed by atoms with Gasteiger partial charge >= 0.3 is 0 Å². The van der Waals surface area contributed by atoms with Crippen LogP contribution in [-0.4, -0.2) is 74.7 Å². The Kier molecular flexibility index (Phi) is 6.92. The van der Waals surface area contributed by atoms with E-state index >= 15 is 0 Å². The molecule has 0 spiro atoms. The van der Waals surface area contributed by atoms with Gasteiger partial charge < -0.3 is 15.0 Å². The van der Waals surface area contributed by atoms with Crippen LogP contribution in [0.15, 0.2) is 0 Å². The Morgan fingerprint density at radius 2 is 2.06 bits per heavy atom. The van der Waals surface area contributed by atoms with E-state index < -0.39 is 0 Å². The molecule has 2 saturated heterocycles. The molecule has 2 fully saturated rings. The van der Waals surface area contributed by atoms with Gasteiger partial charge in [-0.3, -0.25) is 9.69 Å². The van der Waals surface area contributed by atoms with Crippen LogP contribution in [0.4, 0.5) is 0 Å². The highest BCUT2D eigenvalue weighted by Gasteiger charge is 2.27. The molecule has 5 nitrogen and oxygen atoms in total. The molecule has 2 aliphatic rings. The summed E-state index contributed by atoms with van der Waals surface area (Å²) in [5.41, 5.74) is 0. The lowest BCUT2D eigenvalue weighted by atomic mass is 10.2. The van der Waals surface area contributed by atoms with Crippen molar-refractivity contribution in [1.82, 2.24) is 15.1 Å². The quantitative estimate of drug-likeness (QED) is 0.783. The van der Waals surface area contributed by atoms with Crippen molar-refractivity contribution in [3.05, 3.63) is 0 Å². The van der Waals surface area contributed by atoms with E-state index in [1.807, 2.05) is 11.9 Å². The molecule has 1 unspecified atom stereocenters. The third-order valence-electron chi connectivity index (χ3n) is 3.64. The van der Waals surface area contributed by atoms with Gasteiger partial charge in [0.2, 0.25) is 5.91 Å². The van der Waals surface area contributed by atoms with Gasteiger partial charge in [0, 0.05) is 25.7 Å². The van der Waals surface area contributed by atoms with E-state index in [0.29, 0.717) is 25.8 Å². The number of likely N-dealkylation sites (N-methyl/N-ethyl adjacent to an activating group) is 1. The summed E-state index contributed by atoms with van der Waals surface area (Å²) in [6, 6.07) is 0.532. The van der Waals surface area contributed by atoms with Crippen molar-refractivity contribution in [2.45, 2.75) is 18.9 Å². The molecule has 1 atom stereocenters. The van der Waals surface area contributed by atoms with Crippen LogP contribution in [0, 0.1) is 0 Å². The van der Waals surface area contributed by atoms with Crippen LogP contribution in [-0.2, 0) is 9.53 Å². The minimum absolute atomic E-state index is 0. The van der Waals surface area contributed by atoms with Crippen LogP contribution in [0.3, 0.4) is 0 Å². The molecule has 106 valence electrons. The highest BCUT2D eigenvalue weighted by Crippen LogP contribution is 2.16. The van der Waals surface area contributed by atoms with Gasteiger partial charge in [-0.1, -0.05) is 0 Å². The molecule has 0 saturated carbocycles. The Labute approximate surface area is 115 Å². The SMILES string of the molecule is CNCC1CCCN1CC(=O)N1CCOCC1.Cl. The zero-order valence-corrected chi connectivity index (χ0v) is 11.9. The summed E-state index contributed by atoms with van der Waals surface area (Å²) in [7, 11) is 1.97. The molecule has 6 heteroatoms. The van der Waals surface area contributed by atoms with Crippen molar-refractivity contribution >= 4 is 18.3 Å². The van der Waals surface area contributed by atoms with E-state index in [2.05, 4.69) is 10.2 Å². The number of carbonyl (C=O) groups is 1. The predicted molar refractivity (Wildman–Crippen MR) is 73.2 cm³/mol. The van der Waals surface area contributed by atoms with E-state index in [0.717, 1.165) is 26.2 Å². The lowest BCUT2D eigenvalue weighted by Crippen LogP contribution is -2.48. The molecule has 1 N–H and O–H groups in total. The number of ether oxygens (including phenoxy) is 1. The maximum atomic E-state index is 12.1. The van der Waals surface area contributed by atoms with Gasteiger partial charge in [0.15, 0.2) is 0 Å². The second-order valence-electron chi connectivity index (χ2n) is 4.82. The molecule has 0 bridgehead atoms. The average molecular weight is 278 g/mol. The van der Waals surface area contributed by atoms with Crippen LogP contribution in [0.2, 0.25) is 0 Å². The summed E-state index contributed by atoms with van der Waals surface area (Å²) in [5, 5.41) is 3.21. The molecule has 1 amide bonds. The van der Waals surface area contributed by atoms with Crippen LogP contribution < -0.4 is 5.32 Å². The molecule has 0 aromatic rings. The normalized spacial score (nSPS) is 24.9. The number of rotatable bonds is 4. The van der Waals surface area contributed by atoms with Crippen molar-refractivity contribution in [3.8, 4) is 0 Å². The maximum Gasteiger partial charge on any atom is 0.236 e. The van der Waals surface area contributed by atoms with Crippen LogP contribution >= 0.6 is 12.4 Å².